The number of aryl methyl sites for hydroxylation is 1. The molecule has 2 aromatic heterocycles. The van der Waals surface area contributed by atoms with Gasteiger partial charge in [-0.15, -0.1) is 24.0 Å². The van der Waals surface area contributed by atoms with Crippen molar-refractivity contribution in [2.45, 2.75) is 50.1 Å². The number of carbonyl (C=O) groups is 1. The zero-order chi connectivity index (χ0) is 24.0. The van der Waals surface area contributed by atoms with Gasteiger partial charge < -0.3 is 15.0 Å². The summed E-state index contributed by atoms with van der Waals surface area (Å²) in [5, 5.41) is 8.17. The van der Waals surface area contributed by atoms with Gasteiger partial charge in [0.05, 0.1) is 47.1 Å². The Labute approximate surface area is 212 Å². The molecule has 11 heteroatoms. The van der Waals surface area contributed by atoms with E-state index in [1.807, 2.05) is 4.90 Å². The Bertz CT molecular complexity index is 1270. The first-order valence-corrected chi connectivity index (χ1v) is 12.8. The lowest BCUT2D eigenvalue weighted by atomic mass is 9.86. The van der Waals surface area contributed by atoms with Gasteiger partial charge in [0.1, 0.15) is 17.0 Å². The number of benzene rings is 1. The standard InChI is InChI=1S/C23H25ClN6O2S2/c1-11-8-32-9-12(2)30(11)23(31)13-3-4-14-19(5-13)34-22-20(14)21(26-10-27-22)28-16-7-18(33)17(29-25)6-15(16)24/h6-7,10-13,25,33H,3-5,8-9H2,1-2H3,(H,26,27,28). The highest BCUT2D eigenvalue weighted by atomic mass is 35.5. The van der Waals surface area contributed by atoms with Crippen molar-refractivity contribution in [1.29, 1.82) is 5.53 Å². The molecule has 8 nitrogen and oxygen atoms in total. The number of thiophene rings is 1. The van der Waals surface area contributed by atoms with Crippen molar-refractivity contribution >= 4 is 68.9 Å². The van der Waals surface area contributed by atoms with Crippen molar-refractivity contribution in [1.82, 2.24) is 14.9 Å². The van der Waals surface area contributed by atoms with Gasteiger partial charge in [0.25, 0.3) is 0 Å². The molecule has 178 valence electrons. The van der Waals surface area contributed by atoms with Crippen LogP contribution in [0.4, 0.5) is 17.2 Å². The van der Waals surface area contributed by atoms with Crippen LogP contribution in [-0.2, 0) is 22.4 Å². The maximum absolute atomic E-state index is 13.4. The third-order valence-electron chi connectivity index (χ3n) is 6.55. The Morgan fingerprint density at radius 3 is 2.82 bits per heavy atom. The van der Waals surface area contributed by atoms with E-state index in [-0.39, 0.29) is 23.9 Å². The van der Waals surface area contributed by atoms with Crippen LogP contribution in [0.2, 0.25) is 5.02 Å². The van der Waals surface area contributed by atoms with Gasteiger partial charge in [-0.1, -0.05) is 11.6 Å². The van der Waals surface area contributed by atoms with E-state index >= 15 is 0 Å². The number of nitrogens with zero attached hydrogens (tertiary/aromatic N) is 4. The van der Waals surface area contributed by atoms with Gasteiger partial charge in [0, 0.05) is 15.7 Å². The lowest BCUT2D eigenvalue weighted by Gasteiger charge is -2.41. The molecule has 0 saturated carbocycles. The predicted octanol–water partition coefficient (Wildman–Crippen LogP) is 5.78. The maximum atomic E-state index is 13.4. The predicted molar refractivity (Wildman–Crippen MR) is 136 cm³/mol. The van der Waals surface area contributed by atoms with Crippen LogP contribution in [0.3, 0.4) is 0 Å². The molecule has 3 atom stereocenters. The molecule has 2 N–H and O–H groups in total. The Morgan fingerprint density at radius 2 is 2.09 bits per heavy atom. The molecule has 0 radical (unpaired) electrons. The van der Waals surface area contributed by atoms with Crippen molar-refractivity contribution in [2.75, 3.05) is 18.5 Å². The summed E-state index contributed by atoms with van der Waals surface area (Å²) in [5.74, 6) is 0.868. The van der Waals surface area contributed by atoms with Gasteiger partial charge in [-0.25, -0.2) is 15.5 Å². The highest BCUT2D eigenvalue weighted by molar-refractivity contribution is 7.80. The third-order valence-corrected chi connectivity index (χ3v) is 8.39. The number of anilines is 2. The van der Waals surface area contributed by atoms with Crippen molar-refractivity contribution in [3.63, 3.8) is 0 Å². The highest BCUT2D eigenvalue weighted by Crippen LogP contribution is 2.42. The van der Waals surface area contributed by atoms with Crippen LogP contribution >= 0.6 is 35.6 Å². The summed E-state index contributed by atoms with van der Waals surface area (Å²) in [7, 11) is 0. The highest BCUT2D eigenvalue weighted by Gasteiger charge is 2.36. The van der Waals surface area contributed by atoms with E-state index < -0.39 is 0 Å². The summed E-state index contributed by atoms with van der Waals surface area (Å²) in [6.07, 6.45) is 3.84. The first-order chi connectivity index (χ1) is 16.4. The van der Waals surface area contributed by atoms with Crippen molar-refractivity contribution < 1.29 is 9.53 Å². The molecule has 1 fully saturated rings. The lowest BCUT2D eigenvalue weighted by molar-refractivity contribution is -0.149. The first-order valence-electron chi connectivity index (χ1n) is 11.2. The van der Waals surface area contributed by atoms with Gasteiger partial charge >= 0.3 is 0 Å². The summed E-state index contributed by atoms with van der Waals surface area (Å²) in [5.41, 5.74) is 9.49. The minimum atomic E-state index is -0.0321. The fraction of sp³-hybridized carbons (Fsp3) is 0.435. The third kappa shape index (κ3) is 4.17. The summed E-state index contributed by atoms with van der Waals surface area (Å²) in [6.45, 7) is 5.30. The second-order valence-electron chi connectivity index (χ2n) is 8.88. The zero-order valence-corrected chi connectivity index (χ0v) is 21.3. The Morgan fingerprint density at radius 1 is 1.32 bits per heavy atom. The van der Waals surface area contributed by atoms with Crippen LogP contribution in [0.1, 0.15) is 30.7 Å². The monoisotopic (exact) mass is 516 g/mol. The van der Waals surface area contributed by atoms with Crippen LogP contribution in [-0.4, -0.2) is 46.1 Å². The minimum Gasteiger partial charge on any atom is -0.377 e. The molecule has 1 aliphatic heterocycles. The molecule has 3 heterocycles. The largest absolute Gasteiger partial charge is 0.377 e. The Hall–Kier alpha value is -2.27. The van der Waals surface area contributed by atoms with E-state index in [0.29, 0.717) is 46.7 Å². The van der Waals surface area contributed by atoms with Gasteiger partial charge in [0.2, 0.25) is 5.91 Å². The number of halogens is 1. The van der Waals surface area contributed by atoms with E-state index in [4.69, 9.17) is 21.9 Å². The molecule has 3 unspecified atom stereocenters. The van der Waals surface area contributed by atoms with Crippen molar-refractivity contribution in [3.8, 4) is 0 Å². The number of thiol groups is 1. The number of nitrogens with one attached hydrogen (secondary N) is 2. The molecule has 0 spiro atoms. The van der Waals surface area contributed by atoms with Crippen LogP contribution in [0.5, 0.6) is 0 Å². The molecule has 0 bridgehead atoms. The molecule has 1 aliphatic carbocycles. The molecule has 1 amide bonds. The van der Waals surface area contributed by atoms with Crippen molar-refractivity contribution in [2.24, 2.45) is 11.0 Å². The van der Waals surface area contributed by atoms with Gasteiger partial charge in [0.15, 0.2) is 0 Å². The molecule has 1 aromatic carbocycles. The van der Waals surface area contributed by atoms with E-state index in [0.717, 1.165) is 23.1 Å². The average molecular weight is 517 g/mol. The van der Waals surface area contributed by atoms with E-state index in [1.54, 1.807) is 23.5 Å². The lowest BCUT2D eigenvalue weighted by Crippen LogP contribution is -2.54. The quantitative estimate of drug-likeness (QED) is 0.301. The number of morpholine rings is 1. The average Bonchev–Trinajstić information content (AvgIpc) is 3.19. The van der Waals surface area contributed by atoms with E-state index in [9.17, 15) is 4.79 Å². The fourth-order valence-corrected chi connectivity index (χ4v) is 6.65. The maximum Gasteiger partial charge on any atom is 0.226 e. The van der Waals surface area contributed by atoms with Gasteiger partial charge in [-0.3, -0.25) is 4.79 Å². The van der Waals surface area contributed by atoms with Gasteiger partial charge in [-0.2, -0.15) is 5.11 Å². The molecule has 2 aliphatic rings. The topological polar surface area (TPSA) is 104 Å². The van der Waals surface area contributed by atoms with Crippen LogP contribution < -0.4 is 5.32 Å². The number of aromatic nitrogens is 2. The zero-order valence-electron chi connectivity index (χ0n) is 18.8. The number of ether oxygens (including phenoxy) is 1. The SMILES string of the molecule is CC1COCC(C)N1C(=O)C1CCc2c(sc3ncnc(Nc4cc(S)c(N=N)cc4Cl)c23)C1. The van der Waals surface area contributed by atoms with Gasteiger partial charge in [-0.05, 0) is 50.8 Å². The van der Waals surface area contributed by atoms with Crippen LogP contribution in [0, 0.1) is 11.4 Å². The van der Waals surface area contributed by atoms with Crippen molar-refractivity contribution in [3.05, 3.63) is 33.9 Å². The number of hydrogen-bond acceptors (Lipinski definition) is 9. The molecule has 5 rings (SSSR count). The Kier molecular flexibility index (Phi) is 6.49. The first kappa shape index (κ1) is 23.5. The second-order valence-corrected chi connectivity index (χ2v) is 10.9. The number of hydrogen-bond donors (Lipinski definition) is 3. The molecule has 1 saturated heterocycles. The van der Waals surface area contributed by atoms with E-state index in [2.05, 4.69) is 46.9 Å². The smallest absolute Gasteiger partial charge is 0.226 e. The Balaban J connectivity index is 1.44. The van der Waals surface area contributed by atoms with Crippen LogP contribution in [0.25, 0.3) is 10.2 Å². The second kappa shape index (κ2) is 9.41. The molecule has 3 aromatic rings. The minimum absolute atomic E-state index is 0.0321. The normalized spacial score (nSPS) is 22.5. The number of rotatable bonds is 4. The summed E-state index contributed by atoms with van der Waals surface area (Å²) < 4.78 is 5.61. The number of fused-ring (bicyclic) bond motifs is 3. The summed E-state index contributed by atoms with van der Waals surface area (Å²) >= 11 is 12.5. The molecular weight excluding hydrogens is 492 g/mol. The molecular formula is C23H25ClN6O2S2. The molecule has 34 heavy (non-hydrogen) atoms. The summed E-state index contributed by atoms with van der Waals surface area (Å²) in [6, 6.07) is 3.53. The fourth-order valence-electron chi connectivity index (χ4n) is 4.93. The van der Waals surface area contributed by atoms with Crippen LogP contribution in [0.15, 0.2) is 28.5 Å². The number of amides is 1. The summed E-state index contributed by atoms with van der Waals surface area (Å²) in [4.78, 5) is 27.1. The number of carbonyl (C=O) groups excluding carboxylic acids is 1. The van der Waals surface area contributed by atoms with E-state index in [1.165, 1.54) is 16.8 Å².